The van der Waals surface area contributed by atoms with Crippen LogP contribution in [-0.2, 0) is 4.74 Å². The topological polar surface area (TPSA) is 45.0 Å². The summed E-state index contributed by atoms with van der Waals surface area (Å²) in [6, 6.07) is 2.21. The highest BCUT2D eigenvalue weighted by atomic mass is 16.5. The zero-order chi connectivity index (χ0) is 11.4. The molecule has 1 saturated heterocycles. The molecule has 1 N–H and O–H groups in total. The summed E-state index contributed by atoms with van der Waals surface area (Å²) in [5, 5.41) is 12.0. The van der Waals surface area contributed by atoms with Gasteiger partial charge in [-0.2, -0.15) is 5.26 Å². The van der Waals surface area contributed by atoms with Crippen molar-refractivity contribution < 1.29 is 4.74 Å². The average Bonchev–Trinajstić information content (AvgIpc) is 2.12. The first-order valence-corrected chi connectivity index (χ1v) is 5.63. The Morgan fingerprint density at radius 1 is 1.47 bits per heavy atom. The summed E-state index contributed by atoms with van der Waals surface area (Å²) in [5.41, 5.74) is 0.558. The van der Waals surface area contributed by atoms with Gasteiger partial charge in [0.15, 0.2) is 0 Å². The molecule has 1 fully saturated rings. The predicted octanol–water partition coefficient (Wildman–Crippen LogP) is 1.94. The van der Waals surface area contributed by atoms with E-state index in [2.05, 4.69) is 32.2 Å². The van der Waals surface area contributed by atoms with Gasteiger partial charge in [0.25, 0.3) is 0 Å². The highest BCUT2D eigenvalue weighted by Crippen LogP contribution is 2.26. The number of nitrogens with one attached hydrogen (secondary N) is 1. The van der Waals surface area contributed by atoms with Gasteiger partial charge in [-0.1, -0.05) is 20.8 Å². The minimum atomic E-state index is 0.219. The molecule has 1 heterocycles. The van der Waals surface area contributed by atoms with Crippen molar-refractivity contribution in [3.05, 3.63) is 0 Å². The van der Waals surface area contributed by atoms with Gasteiger partial charge in [-0.05, 0) is 11.8 Å². The van der Waals surface area contributed by atoms with Crippen molar-refractivity contribution in [3.8, 4) is 6.07 Å². The van der Waals surface area contributed by atoms with Crippen molar-refractivity contribution in [1.29, 1.82) is 5.26 Å². The van der Waals surface area contributed by atoms with Gasteiger partial charge in [-0.3, -0.25) is 0 Å². The normalized spacial score (nSPS) is 19.3. The van der Waals surface area contributed by atoms with Crippen LogP contribution in [-0.4, -0.2) is 26.3 Å². The Labute approximate surface area is 92.8 Å². The molecule has 0 saturated carbocycles. The van der Waals surface area contributed by atoms with E-state index < -0.39 is 0 Å². The molecule has 0 unspecified atom stereocenters. The molecule has 1 aliphatic rings. The number of hydrogen-bond acceptors (Lipinski definition) is 3. The number of nitrogens with zero attached hydrogens (tertiary/aromatic N) is 1. The van der Waals surface area contributed by atoms with E-state index in [1.165, 1.54) is 0 Å². The quantitative estimate of drug-likeness (QED) is 0.728. The molecule has 0 aromatic carbocycles. The molecule has 1 rings (SSSR count). The van der Waals surface area contributed by atoms with Gasteiger partial charge < -0.3 is 10.1 Å². The summed E-state index contributed by atoms with van der Waals surface area (Å²) in [5.74, 6) is 0. The minimum Gasteiger partial charge on any atom is -0.380 e. The molecule has 0 aromatic heterocycles. The summed E-state index contributed by atoms with van der Waals surface area (Å²) < 4.78 is 5.20. The van der Waals surface area contributed by atoms with Crippen molar-refractivity contribution in [3.63, 3.8) is 0 Å². The highest BCUT2D eigenvalue weighted by molar-refractivity contribution is 4.85. The second-order valence-electron chi connectivity index (χ2n) is 5.73. The number of rotatable bonds is 6. The molecule has 0 spiro atoms. The lowest BCUT2D eigenvalue weighted by atomic mass is 9.85. The molecule has 0 amide bonds. The third kappa shape index (κ3) is 4.19. The number of ether oxygens (including phenoxy) is 1. The van der Waals surface area contributed by atoms with E-state index >= 15 is 0 Å². The van der Waals surface area contributed by atoms with Gasteiger partial charge in [0.05, 0.1) is 19.3 Å². The molecule has 1 aliphatic heterocycles. The average molecular weight is 210 g/mol. The molecule has 0 aromatic rings. The van der Waals surface area contributed by atoms with Crippen molar-refractivity contribution in [2.45, 2.75) is 33.6 Å². The summed E-state index contributed by atoms with van der Waals surface area (Å²) in [7, 11) is 0. The molecule has 86 valence electrons. The van der Waals surface area contributed by atoms with Crippen molar-refractivity contribution in [2.24, 2.45) is 10.8 Å². The van der Waals surface area contributed by atoms with Crippen LogP contribution in [0.5, 0.6) is 0 Å². The maximum Gasteiger partial charge on any atom is 0.0621 e. The fourth-order valence-corrected chi connectivity index (χ4v) is 1.74. The van der Waals surface area contributed by atoms with E-state index in [0.717, 1.165) is 32.7 Å². The largest absolute Gasteiger partial charge is 0.380 e. The third-order valence-electron chi connectivity index (χ3n) is 2.97. The van der Waals surface area contributed by atoms with Crippen LogP contribution in [0.1, 0.15) is 33.6 Å². The maximum absolute atomic E-state index is 8.54. The second-order valence-corrected chi connectivity index (χ2v) is 5.73. The van der Waals surface area contributed by atoms with E-state index in [0.29, 0.717) is 11.8 Å². The van der Waals surface area contributed by atoms with Gasteiger partial charge in [-0.25, -0.2) is 0 Å². The Hall–Kier alpha value is -0.590. The summed E-state index contributed by atoms with van der Waals surface area (Å²) in [6.45, 7) is 10.4. The van der Waals surface area contributed by atoms with Gasteiger partial charge in [0.2, 0.25) is 0 Å². The summed E-state index contributed by atoms with van der Waals surface area (Å²) in [4.78, 5) is 0. The van der Waals surface area contributed by atoms with Crippen LogP contribution in [0.3, 0.4) is 0 Å². The fraction of sp³-hybridized carbons (Fsp3) is 0.917. The third-order valence-corrected chi connectivity index (χ3v) is 2.97. The van der Waals surface area contributed by atoms with Gasteiger partial charge in [0, 0.05) is 24.9 Å². The molecule has 3 nitrogen and oxygen atoms in total. The standard InChI is InChI=1S/C12H22N2O/c1-11(2,5-4-6-13)7-14-8-12(3)9-15-10-12/h14H,4-5,7-10H2,1-3H3. The Morgan fingerprint density at radius 3 is 2.60 bits per heavy atom. The molecule has 0 atom stereocenters. The Balaban J connectivity index is 2.15. The lowest BCUT2D eigenvalue weighted by Crippen LogP contribution is -2.48. The van der Waals surface area contributed by atoms with E-state index in [1.807, 2.05) is 0 Å². The minimum absolute atomic E-state index is 0.219. The van der Waals surface area contributed by atoms with Crippen molar-refractivity contribution in [1.82, 2.24) is 5.32 Å². The lowest BCUT2D eigenvalue weighted by Gasteiger charge is -2.39. The van der Waals surface area contributed by atoms with Crippen molar-refractivity contribution >= 4 is 0 Å². The smallest absolute Gasteiger partial charge is 0.0621 e. The molecule has 3 heteroatoms. The summed E-state index contributed by atoms with van der Waals surface area (Å²) >= 11 is 0. The zero-order valence-electron chi connectivity index (χ0n) is 10.1. The van der Waals surface area contributed by atoms with Crippen LogP contribution >= 0.6 is 0 Å². The molecule has 0 bridgehead atoms. The van der Waals surface area contributed by atoms with Crippen LogP contribution in [0, 0.1) is 22.2 Å². The summed E-state index contributed by atoms with van der Waals surface area (Å²) in [6.07, 6.45) is 1.61. The van der Waals surface area contributed by atoms with E-state index in [1.54, 1.807) is 0 Å². The van der Waals surface area contributed by atoms with E-state index in [9.17, 15) is 0 Å². The Kier molecular flexibility index (Phi) is 4.12. The van der Waals surface area contributed by atoms with E-state index in [-0.39, 0.29) is 5.41 Å². The van der Waals surface area contributed by atoms with E-state index in [4.69, 9.17) is 10.00 Å². The zero-order valence-corrected chi connectivity index (χ0v) is 10.1. The van der Waals surface area contributed by atoms with Gasteiger partial charge in [-0.15, -0.1) is 0 Å². The van der Waals surface area contributed by atoms with Gasteiger partial charge in [0.1, 0.15) is 0 Å². The maximum atomic E-state index is 8.54. The Morgan fingerprint density at radius 2 is 2.13 bits per heavy atom. The molecular formula is C12H22N2O. The van der Waals surface area contributed by atoms with Crippen LogP contribution in [0.25, 0.3) is 0 Å². The van der Waals surface area contributed by atoms with Crippen LogP contribution in [0.4, 0.5) is 0 Å². The van der Waals surface area contributed by atoms with Crippen LogP contribution in [0.15, 0.2) is 0 Å². The monoisotopic (exact) mass is 210 g/mol. The fourth-order valence-electron chi connectivity index (χ4n) is 1.74. The van der Waals surface area contributed by atoms with Crippen LogP contribution in [0.2, 0.25) is 0 Å². The second kappa shape index (κ2) is 4.96. The first-order valence-electron chi connectivity index (χ1n) is 5.63. The molecule has 15 heavy (non-hydrogen) atoms. The lowest BCUT2D eigenvalue weighted by molar-refractivity contribution is -0.0996. The molecule has 0 aliphatic carbocycles. The molecule has 0 radical (unpaired) electrons. The Bertz CT molecular complexity index is 238. The highest BCUT2D eigenvalue weighted by Gasteiger charge is 2.33. The number of hydrogen-bond donors (Lipinski definition) is 1. The van der Waals surface area contributed by atoms with Crippen molar-refractivity contribution in [2.75, 3.05) is 26.3 Å². The van der Waals surface area contributed by atoms with Crippen LogP contribution < -0.4 is 5.32 Å². The number of nitriles is 1. The first kappa shape index (κ1) is 12.5. The first-order chi connectivity index (χ1) is 6.97. The van der Waals surface area contributed by atoms with Gasteiger partial charge >= 0.3 is 0 Å². The SMILES string of the molecule is CC(C)(CCC#N)CNCC1(C)COC1. The predicted molar refractivity (Wildman–Crippen MR) is 60.4 cm³/mol. The molecular weight excluding hydrogens is 188 g/mol.